The van der Waals surface area contributed by atoms with Crippen molar-refractivity contribution in [2.45, 2.75) is 57.6 Å². The zero-order valence-electron chi connectivity index (χ0n) is 14.5. The summed E-state index contributed by atoms with van der Waals surface area (Å²) in [5.41, 5.74) is 7.72. The largest absolute Gasteiger partial charge is 0.378 e. The molecule has 3 N–H and O–H groups in total. The monoisotopic (exact) mass is 443 g/mol. The summed E-state index contributed by atoms with van der Waals surface area (Å²) in [6.45, 7) is 3.63. The third-order valence-electron chi connectivity index (χ3n) is 5.53. The summed E-state index contributed by atoms with van der Waals surface area (Å²) in [6, 6.07) is 10.9. The van der Waals surface area contributed by atoms with Crippen LogP contribution in [-0.4, -0.2) is 31.3 Å². The van der Waals surface area contributed by atoms with Crippen LogP contribution in [0.15, 0.2) is 35.3 Å². The molecule has 0 saturated heterocycles. The van der Waals surface area contributed by atoms with Crippen LogP contribution in [0, 0.1) is 5.41 Å². The Morgan fingerprint density at radius 2 is 2.00 bits per heavy atom. The molecule has 2 aliphatic rings. The van der Waals surface area contributed by atoms with Crippen LogP contribution in [0.3, 0.4) is 0 Å². The average molecular weight is 443 g/mol. The van der Waals surface area contributed by atoms with E-state index in [0.717, 1.165) is 26.0 Å². The number of nitrogens with two attached hydrogens (primary N) is 1. The molecular formula is C19H30IN3O. The Bertz CT molecular complexity index is 529. The van der Waals surface area contributed by atoms with Gasteiger partial charge in [0, 0.05) is 24.6 Å². The van der Waals surface area contributed by atoms with Gasteiger partial charge in [0.25, 0.3) is 0 Å². The number of nitrogens with one attached hydrogen (secondary N) is 1. The van der Waals surface area contributed by atoms with Crippen molar-refractivity contribution in [3.05, 3.63) is 35.9 Å². The van der Waals surface area contributed by atoms with Crippen molar-refractivity contribution < 1.29 is 4.74 Å². The van der Waals surface area contributed by atoms with E-state index < -0.39 is 0 Å². The summed E-state index contributed by atoms with van der Waals surface area (Å²) in [5, 5.41) is 3.47. The normalized spacial score (nSPS) is 25.1. The number of hydrogen-bond acceptors (Lipinski definition) is 2. The molecule has 2 unspecified atom stereocenters. The van der Waals surface area contributed by atoms with E-state index in [9.17, 15) is 0 Å². The van der Waals surface area contributed by atoms with Crippen molar-refractivity contribution in [1.82, 2.24) is 5.32 Å². The lowest BCUT2D eigenvalue weighted by Crippen LogP contribution is -2.64. The molecule has 2 fully saturated rings. The lowest BCUT2D eigenvalue weighted by Gasteiger charge is -2.54. The quantitative estimate of drug-likeness (QED) is 0.402. The van der Waals surface area contributed by atoms with Gasteiger partial charge in [0.2, 0.25) is 0 Å². The van der Waals surface area contributed by atoms with Crippen LogP contribution in [0.5, 0.6) is 0 Å². The number of halogens is 1. The van der Waals surface area contributed by atoms with Gasteiger partial charge >= 0.3 is 0 Å². The number of nitrogens with zero attached hydrogens (tertiary/aromatic N) is 1. The third kappa shape index (κ3) is 4.23. The second kappa shape index (κ2) is 9.04. The number of guanidine groups is 1. The Morgan fingerprint density at radius 3 is 2.67 bits per heavy atom. The Labute approximate surface area is 162 Å². The van der Waals surface area contributed by atoms with Crippen LogP contribution in [-0.2, 0) is 11.2 Å². The standard InChI is InChI=1S/C19H29N3O.HI/c1-2-23-17-14-16(19(17)11-6-7-12-19)22-18(20)21-13-10-15-8-4-3-5-9-15;/h3-5,8-9,16-17H,2,6-7,10-14H2,1H3,(H3,20,21,22);1H. The molecule has 0 bridgehead atoms. The van der Waals surface area contributed by atoms with Gasteiger partial charge in [-0.1, -0.05) is 43.2 Å². The van der Waals surface area contributed by atoms with Crippen LogP contribution in [0.1, 0.15) is 44.6 Å². The summed E-state index contributed by atoms with van der Waals surface area (Å²) < 4.78 is 5.95. The molecule has 2 saturated carbocycles. The fourth-order valence-electron chi connectivity index (χ4n) is 4.26. The molecule has 0 amide bonds. The van der Waals surface area contributed by atoms with E-state index in [1.54, 1.807) is 0 Å². The maximum Gasteiger partial charge on any atom is 0.188 e. The summed E-state index contributed by atoms with van der Waals surface area (Å²) in [7, 11) is 0. The minimum atomic E-state index is 0. The van der Waals surface area contributed by atoms with E-state index in [4.69, 9.17) is 10.5 Å². The van der Waals surface area contributed by atoms with E-state index >= 15 is 0 Å². The molecule has 0 radical (unpaired) electrons. The lowest BCUT2D eigenvalue weighted by atomic mass is 9.60. The van der Waals surface area contributed by atoms with Gasteiger partial charge in [0.1, 0.15) is 0 Å². The third-order valence-corrected chi connectivity index (χ3v) is 5.53. The SMILES string of the molecule is CCOC1CC(NC(N)=NCCc2ccccc2)C12CCCC2.I. The minimum absolute atomic E-state index is 0. The average Bonchev–Trinajstić information content (AvgIpc) is 3.08. The molecule has 3 rings (SSSR count). The van der Waals surface area contributed by atoms with E-state index in [1.165, 1.54) is 31.2 Å². The molecule has 1 aromatic carbocycles. The molecular weight excluding hydrogens is 413 g/mol. The topological polar surface area (TPSA) is 59.6 Å². The Balaban J connectivity index is 0.00000208. The first-order valence-electron chi connectivity index (χ1n) is 8.96. The first-order valence-corrected chi connectivity index (χ1v) is 8.96. The maximum atomic E-state index is 6.12. The van der Waals surface area contributed by atoms with Gasteiger partial charge < -0.3 is 15.8 Å². The summed E-state index contributed by atoms with van der Waals surface area (Å²) in [5.74, 6) is 0.590. The molecule has 24 heavy (non-hydrogen) atoms. The fourth-order valence-corrected chi connectivity index (χ4v) is 4.26. The molecule has 134 valence electrons. The lowest BCUT2D eigenvalue weighted by molar-refractivity contribution is -0.125. The zero-order valence-corrected chi connectivity index (χ0v) is 16.9. The highest BCUT2D eigenvalue weighted by Crippen LogP contribution is 2.54. The molecule has 2 aliphatic carbocycles. The van der Waals surface area contributed by atoms with Gasteiger partial charge in [-0.15, -0.1) is 24.0 Å². The van der Waals surface area contributed by atoms with E-state index in [-0.39, 0.29) is 24.0 Å². The van der Waals surface area contributed by atoms with E-state index in [0.29, 0.717) is 23.5 Å². The van der Waals surface area contributed by atoms with Gasteiger partial charge in [-0.05, 0) is 38.2 Å². The predicted molar refractivity (Wildman–Crippen MR) is 110 cm³/mol. The van der Waals surface area contributed by atoms with E-state index in [2.05, 4.69) is 41.5 Å². The van der Waals surface area contributed by atoms with Gasteiger partial charge in [-0.25, -0.2) is 0 Å². The molecule has 0 aromatic heterocycles. The van der Waals surface area contributed by atoms with Crippen molar-refractivity contribution in [2.75, 3.05) is 13.2 Å². The summed E-state index contributed by atoms with van der Waals surface area (Å²) >= 11 is 0. The van der Waals surface area contributed by atoms with Crippen molar-refractivity contribution in [3.8, 4) is 0 Å². The number of aliphatic imine (C=N–C) groups is 1. The Kier molecular flexibility index (Phi) is 7.34. The second-order valence-corrected chi connectivity index (χ2v) is 6.82. The maximum absolute atomic E-state index is 6.12. The number of ether oxygens (including phenoxy) is 1. The molecule has 0 aliphatic heterocycles. The van der Waals surface area contributed by atoms with Crippen LogP contribution < -0.4 is 11.1 Å². The molecule has 4 nitrogen and oxygen atoms in total. The predicted octanol–water partition coefficient (Wildman–Crippen LogP) is 3.49. The van der Waals surface area contributed by atoms with Gasteiger partial charge in [-0.3, -0.25) is 4.99 Å². The number of hydrogen-bond donors (Lipinski definition) is 2. The highest BCUT2D eigenvalue weighted by molar-refractivity contribution is 14.0. The molecule has 1 aromatic rings. The zero-order chi connectivity index (χ0) is 16.1. The van der Waals surface area contributed by atoms with Crippen molar-refractivity contribution in [2.24, 2.45) is 16.1 Å². The molecule has 1 spiro atoms. The number of rotatable bonds is 6. The van der Waals surface area contributed by atoms with E-state index in [1.807, 2.05) is 6.07 Å². The molecule has 5 heteroatoms. The Morgan fingerprint density at radius 1 is 1.29 bits per heavy atom. The van der Waals surface area contributed by atoms with Crippen LogP contribution in [0.2, 0.25) is 0 Å². The van der Waals surface area contributed by atoms with Gasteiger partial charge in [0.15, 0.2) is 5.96 Å². The molecule has 2 atom stereocenters. The summed E-state index contributed by atoms with van der Waals surface area (Å²) in [6.07, 6.45) is 7.53. The van der Waals surface area contributed by atoms with Crippen molar-refractivity contribution in [1.29, 1.82) is 0 Å². The second-order valence-electron chi connectivity index (χ2n) is 6.82. The Hall–Kier alpha value is -0.820. The highest BCUT2D eigenvalue weighted by atomic mass is 127. The van der Waals surface area contributed by atoms with Gasteiger partial charge in [-0.2, -0.15) is 0 Å². The molecule has 0 heterocycles. The smallest absolute Gasteiger partial charge is 0.188 e. The van der Waals surface area contributed by atoms with Gasteiger partial charge in [0.05, 0.1) is 6.10 Å². The van der Waals surface area contributed by atoms with Crippen molar-refractivity contribution in [3.63, 3.8) is 0 Å². The first kappa shape index (κ1) is 19.5. The van der Waals surface area contributed by atoms with Crippen LogP contribution in [0.25, 0.3) is 0 Å². The van der Waals surface area contributed by atoms with Crippen LogP contribution in [0.4, 0.5) is 0 Å². The fraction of sp³-hybridized carbons (Fsp3) is 0.632. The highest BCUT2D eigenvalue weighted by Gasteiger charge is 2.56. The minimum Gasteiger partial charge on any atom is -0.378 e. The summed E-state index contributed by atoms with van der Waals surface area (Å²) in [4.78, 5) is 4.51. The first-order chi connectivity index (χ1) is 11.2. The number of benzene rings is 1. The van der Waals surface area contributed by atoms with Crippen molar-refractivity contribution >= 4 is 29.9 Å². The van der Waals surface area contributed by atoms with Crippen LogP contribution >= 0.6 is 24.0 Å².